The molecule has 3 rings (SSSR count). The highest BCUT2D eigenvalue weighted by molar-refractivity contribution is 6.04. The molecule has 1 unspecified atom stereocenters. The van der Waals surface area contributed by atoms with E-state index in [1.54, 1.807) is 12.2 Å². The van der Waals surface area contributed by atoms with Gasteiger partial charge in [-0.15, -0.1) is 0 Å². The molecule has 1 saturated heterocycles. The Labute approximate surface area is 195 Å². The second kappa shape index (κ2) is 11.6. The van der Waals surface area contributed by atoms with Crippen LogP contribution in [0, 0.1) is 0 Å². The van der Waals surface area contributed by atoms with Gasteiger partial charge in [0, 0.05) is 31.5 Å². The van der Waals surface area contributed by atoms with Crippen LogP contribution in [-0.4, -0.2) is 53.2 Å². The van der Waals surface area contributed by atoms with Gasteiger partial charge in [-0.05, 0) is 42.8 Å². The van der Waals surface area contributed by atoms with Crippen LogP contribution >= 0.6 is 0 Å². The van der Waals surface area contributed by atoms with E-state index in [9.17, 15) is 14.4 Å². The Morgan fingerprint density at radius 1 is 1.09 bits per heavy atom. The molecule has 0 aromatic heterocycles. The molecule has 2 heterocycles. The maximum absolute atomic E-state index is 12.9. The third-order valence-corrected chi connectivity index (χ3v) is 6.05. The molecule has 0 radical (unpaired) electrons. The van der Waals surface area contributed by atoms with Gasteiger partial charge in [0.15, 0.2) is 0 Å². The molecule has 7 nitrogen and oxygen atoms in total. The Kier molecular flexibility index (Phi) is 8.60. The number of nitrogens with one attached hydrogen (secondary N) is 1. The minimum atomic E-state index is -0.682. The molecule has 7 heteroatoms. The molecule has 1 aromatic rings. The van der Waals surface area contributed by atoms with E-state index in [1.165, 1.54) is 10.5 Å². The number of benzene rings is 1. The zero-order valence-electron chi connectivity index (χ0n) is 19.5. The van der Waals surface area contributed by atoms with Crippen LogP contribution in [-0.2, 0) is 32.3 Å². The molecule has 0 aliphatic carbocycles. The van der Waals surface area contributed by atoms with Crippen molar-refractivity contribution < 1.29 is 19.1 Å². The Morgan fingerprint density at radius 3 is 2.45 bits per heavy atom. The summed E-state index contributed by atoms with van der Waals surface area (Å²) in [6.07, 6.45) is 6.19. The van der Waals surface area contributed by atoms with Crippen molar-refractivity contribution in [2.75, 3.05) is 19.6 Å². The van der Waals surface area contributed by atoms with Crippen LogP contribution in [0.4, 0.5) is 0 Å². The van der Waals surface area contributed by atoms with E-state index < -0.39 is 11.9 Å². The topological polar surface area (TPSA) is 79.0 Å². The van der Waals surface area contributed by atoms with Crippen molar-refractivity contribution in [3.63, 3.8) is 0 Å². The third-order valence-electron chi connectivity index (χ3n) is 6.05. The number of allylic oxidation sites excluding steroid dienone is 2. The summed E-state index contributed by atoms with van der Waals surface area (Å²) >= 11 is 0. The number of carbonyl (C=O) groups is 3. The largest absolute Gasteiger partial charge is 0.493 e. The zero-order valence-corrected chi connectivity index (χ0v) is 19.5. The van der Waals surface area contributed by atoms with Crippen LogP contribution < -0.4 is 5.32 Å². The lowest BCUT2D eigenvalue weighted by atomic mass is 10.0. The third kappa shape index (κ3) is 6.65. The fourth-order valence-electron chi connectivity index (χ4n) is 3.96. The molecule has 176 valence electrons. The lowest BCUT2D eigenvalue weighted by molar-refractivity contribution is -0.143. The first-order chi connectivity index (χ1) is 15.9. The Morgan fingerprint density at radius 2 is 1.79 bits per heavy atom. The van der Waals surface area contributed by atoms with Gasteiger partial charge < -0.3 is 9.64 Å². The van der Waals surface area contributed by atoms with E-state index in [0.717, 1.165) is 31.0 Å². The summed E-state index contributed by atoms with van der Waals surface area (Å²) in [5, 5.41) is 2.33. The van der Waals surface area contributed by atoms with Gasteiger partial charge >= 0.3 is 0 Å². The Balaban J connectivity index is 1.63. The molecular formula is C26H33N3O4. The minimum absolute atomic E-state index is 0.214. The molecule has 3 amide bonds. The van der Waals surface area contributed by atoms with E-state index in [0.29, 0.717) is 31.6 Å². The number of rotatable bonds is 8. The predicted octanol–water partition coefficient (Wildman–Crippen LogP) is 3.08. The highest BCUT2D eigenvalue weighted by atomic mass is 16.5. The number of hydrogen-bond donors (Lipinski definition) is 1. The van der Waals surface area contributed by atoms with Crippen LogP contribution in [0.15, 0.2) is 60.4 Å². The normalized spacial score (nSPS) is 22.2. The maximum atomic E-state index is 12.9. The summed E-state index contributed by atoms with van der Waals surface area (Å²) in [6.45, 7) is 11.9. The van der Waals surface area contributed by atoms with Crippen LogP contribution in [0.5, 0.6) is 0 Å². The molecule has 1 fully saturated rings. The lowest BCUT2D eigenvalue weighted by Gasteiger charge is -2.33. The van der Waals surface area contributed by atoms with E-state index in [-0.39, 0.29) is 18.2 Å². The summed E-state index contributed by atoms with van der Waals surface area (Å²) < 4.78 is 6.05. The van der Waals surface area contributed by atoms with Crippen molar-refractivity contribution >= 4 is 17.7 Å². The standard InChI is InChI=1S/C26H33N3O4/c1-4-28(5-2)17-20-9-11-21(12-10-20)18-33-22-8-6-7-19(3)26(32)29(16-15-22)23-13-14-24(30)27-25(23)31/h6-12,23H,3-5,13-18H2,1-2H3,(H,27,30,31)/b7-6-,22-8+. The SMILES string of the molecule is C=C1/C=C\C=C(\OCc2ccc(CN(CC)CC)cc2)CCN(C2CCC(=O)NC2=O)C1=O. The van der Waals surface area contributed by atoms with Crippen molar-refractivity contribution in [3.8, 4) is 0 Å². The van der Waals surface area contributed by atoms with Gasteiger partial charge in [-0.3, -0.25) is 24.6 Å². The second-order valence-corrected chi connectivity index (χ2v) is 8.30. The minimum Gasteiger partial charge on any atom is -0.493 e. The van der Waals surface area contributed by atoms with Crippen LogP contribution in [0.2, 0.25) is 0 Å². The molecular weight excluding hydrogens is 418 g/mol. The van der Waals surface area contributed by atoms with Crippen LogP contribution in [0.1, 0.15) is 44.2 Å². The molecule has 0 saturated carbocycles. The molecule has 1 N–H and O–H groups in total. The Hall–Kier alpha value is -3.19. The highest BCUT2D eigenvalue weighted by Crippen LogP contribution is 2.20. The second-order valence-electron chi connectivity index (χ2n) is 8.30. The molecule has 1 aromatic carbocycles. The van der Waals surface area contributed by atoms with Gasteiger partial charge in [0.25, 0.3) is 5.91 Å². The predicted molar refractivity (Wildman–Crippen MR) is 127 cm³/mol. The summed E-state index contributed by atoms with van der Waals surface area (Å²) in [6, 6.07) is 7.72. The van der Waals surface area contributed by atoms with Crippen molar-refractivity contribution in [3.05, 3.63) is 71.5 Å². The van der Waals surface area contributed by atoms with Gasteiger partial charge in [-0.1, -0.05) is 50.8 Å². The average molecular weight is 452 g/mol. The zero-order chi connectivity index (χ0) is 23.8. The molecule has 1 atom stereocenters. The fraction of sp³-hybridized carbons (Fsp3) is 0.423. The maximum Gasteiger partial charge on any atom is 0.253 e. The van der Waals surface area contributed by atoms with Gasteiger partial charge in [-0.25, -0.2) is 0 Å². The number of nitrogens with zero attached hydrogens (tertiary/aromatic N) is 2. The van der Waals surface area contributed by atoms with Gasteiger partial charge in [0.2, 0.25) is 11.8 Å². The fourth-order valence-corrected chi connectivity index (χ4v) is 3.96. The number of amides is 3. The molecule has 0 bridgehead atoms. The molecule has 33 heavy (non-hydrogen) atoms. The van der Waals surface area contributed by atoms with Crippen LogP contribution in [0.25, 0.3) is 0 Å². The summed E-state index contributed by atoms with van der Waals surface area (Å²) in [5.41, 5.74) is 2.62. The van der Waals surface area contributed by atoms with Crippen molar-refractivity contribution in [2.45, 2.75) is 52.3 Å². The number of ether oxygens (including phenoxy) is 1. The smallest absolute Gasteiger partial charge is 0.253 e. The molecule has 2 aliphatic heterocycles. The number of carbonyl (C=O) groups excluding carboxylic acids is 3. The van der Waals surface area contributed by atoms with E-state index >= 15 is 0 Å². The Bertz CT molecular complexity index is 945. The van der Waals surface area contributed by atoms with Crippen LogP contribution in [0.3, 0.4) is 0 Å². The van der Waals surface area contributed by atoms with Crippen molar-refractivity contribution in [1.29, 1.82) is 0 Å². The first-order valence-electron chi connectivity index (χ1n) is 11.5. The van der Waals surface area contributed by atoms with Gasteiger partial charge in [0.1, 0.15) is 12.6 Å². The first-order valence-corrected chi connectivity index (χ1v) is 11.5. The summed E-state index contributed by atoms with van der Waals surface area (Å²) in [7, 11) is 0. The average Bonchev–Trinajstić information content (AvgIpc) is 2.87. The highest BCUT2D eigenvalue weighted by Gasteiger charge is 2.34. The van der Waals surface area contributed by atoms with E-state index in [2.05, 4.69) is 54.9 Å². The first kappa shape index (κ1) is 24.5. The summed E-state index contributed by atoms with van der Waals surface area (Å²) in [5.74, 6) is -0.331. The molecule has 0 spiro atoms. The van der Waals surface area contributed by atoms with Gasteiger partial charge in [-0.2, -0.15) is 0 Å². The monoisotopic (exact) mass is 451 g/mol. The number of piperidine rings is 1. The van der Waals surface area contributed by atoms with Crippen molar-refractivity contribution in [1.82, 2.24) is 15.1 Å². The van der Waals surface area contributed by atoms with E-state index in [4.69, 9.17) is 4.74 Å². The number of hydrogen-bond acceptors (Lipinski definition) is 5. The van der Waals surface area contributed by atoms with Gasteiger partial charge in [0.05, 0.1) is 5.76 Å². The van der Waals surface area contributed by atoms with E-state index in [1.807, 2.05) is 6.08 Å². The van der Waals surface area contributed by atoms with Crippen molar-refractivity contribution in [2.24, 2.45) is 0 Å². The lowest BCUT2D eigenvalue weighted by Crippen LogP contribution is -2.54. The number of imide groups is 1. The molecule has 2 aliphatic rings. The quantitative estimate of drug-likeness (QED) is 0.485. The summed E-state index contributed by atoms with van der Waals surface area (Å²) in [4.78, 5) is 40.6.